The predicted molar refractivity (Wildman–Crippen MR) is 102 cm³/mol. The van der Waals surface area contributed by atoms with Crippen molar-refractivity contribution in [1.29, 1.82) is 0 Å². The van der Waals surface area contributed by atoms with E-state index in [4.69, 9.17) is 5.73 Å². The third-order valence-electron chi connectivity index (χ3n) is 5.59. The molecule has 2 fully saturated rings. The van der Waals surface area contributed by atoms with E-state index in [2.05, 4.69) is 9.88 Å². The van der Waals surface area contributed by atoms with Gasteiger partial charge >= 0.3 is 0 Å². The van der Waals surface area contributed by atoms with E-state index in [1.54, 1.807) is 5.38 Å². The van der Waals surface area contributed by atoms with Gasteiger partial charge in [0.25, 0.3) is 5.91 Å². The number of nitrogens with zero attached hydrogens (tertiary/aromatic N) is 3. The first-order valence-corrected chi connectivity index (χ1v) is 9.98. The van der Waals surface area contributed by atoms with Gasteiger partial charge in [-0.15, -0.1) is 11.3 Å². The Labute approximate surface area is 157 Å². The maximum atomic E-state index is 12.8. The summed E-state index contributed by atoms with van der Waals surface area (Å²) in [6, 6.07) is 9.75. The first-order valence-electron chi connectivity index (χ1n) is 9.10. The van der Waals surface area contributed by atoms with Gasteiger partial charge in [0.15, 0.2) is 5.13 Å². The number of nitrogen functional groups attached to an aromatic ring is 1. The van der Waals surface area contributed by atoms with E-state index in [1.807, 2.05) is 35.2 Å². The maximum absolute atomic E-state index is 12.8. The zero-order valence-electron chi connectivity index (χ0n) is 14.7. The van der Waals surface area contributed by atoms with Crippen molar-refractivity contribution in [2.75, 3.05) is 31.9 Å². The summed E-state index contributed by atoms with van der Waals surface area (Å²) in [6.07, 6.45) is 2.79. The van der Waals surface area contributed by atoms with Crippen LogP contribution in [0.25, 0.3) is 0 Å². The van der Waals surface area contributed by atoms with Crippen molar-refractivity contribution in [3.05, 3.63) is 47.0 Å². The Morgan fingerprint density at radius 1 is 1.23 bits per heavy atom. The number of piperidine rings is 1. The van der Waals surface area contributed by atoms with E-state index >= 15 is 0 Å². The largest absolute Gasteiger partial charge is 0.383 e. The van der Waals surface area contributed by atoms with Gasteiger partial charge in [-0.25, -0.2) is 4.98 Å². The number of rotatable bonds is 3. The van der Waals surface area contributed by atoms with Gasteiger partial charge in [0.2, 0.25) is 0 Å². The van der Waals surface area contributed by atoms with E-state index in [9.17, 15) is 9.90 Å². The van der Waals surface area contributed by atoms with Crippen molar-refractivity contribution >= 4 is 22.4 Å². The van der Waals surface area contributed by atoms with Crippen molar-refractivity contribution in [2.24, 2.45) is 0 Å². The van der Waals surface area contributed by atoms with Gasteiger partial charge in [-0.2, -0.15) is 0 Å². The zero-order chi connectivity index (χ0) is 18.1. The lowest BCUT2D eigenvalue weighted by atomic mass is 9.79. The zero-order valence-corrected chi connectivity index (χ0v) is 15.5. The van der Waals surface area contributed by atoms with Crippen LogP contribution in [-0.4, -0.2) is 58.0 Å². The van der Waals surface area contributed by atoms with Crippen molar-refractivity contribution in [3.8, 4) is 0 Å². The molecule has 2 aromatic rings. The molecule has 2 aliphatic rings. The number of aromatic nitrogens is 1. The van der Waals surface area contributed by atoms with Crippen LogP contribution in [-0.2, 0) is 5.60 Å². The number of amides is 1. The second-order valence-electron chi connectivity index (χ2n) is 7.12. The van der Waals surface area contributed by atoms with E-state index in [0.29, 0.717) is 30.3 Å². The van der Waals surface area contributed by atoms with Crippen molar-refractivity contribution < 1.29 is 9.90 Å². The normalized spacial score (nSPS) is 27.0. The minimum Gasteiger partial charge on any atom is -0.383 e. The second-order valence-corrected chi connectivity index (χ2v) is 8.01. The van der Waals surface area contributed by atoms with E-state index < -0.39 is 5.60 Å². The molecule has 4 rings (SSSR count). The number of carbonyl (C=O) groups is 1. The van der Waals surface area contributed by atoms with Crippen LogP contribution in [0.3, 0.4) is 0 Å². The quantitative estimate of drug-likeness (QED) is 0.860. The summed E-state index contributed by atoms with van der Waals surface area (Å²) in [5.41, 5.74) is 6.07. The SMILES string of the molecule is Nc1nc(C(=O)N2CC[C@](O)(c3ccccc3)[C@H](N3CCCC3)C2)cs1. The molecule has 3 N–H and O–H groups in total. The lowest BCUT2D eigenvalue weighted by molar-refractivity contribution is -0.0878. The topological polar surface area (TPSA) is 82.7 Å². The minimum absolute atomic E-state index is 0.0998. The summed E-state index contributed by atoms with van der Waals surface area (Å²) < 4.78 is 0. The van der Waals surface area contributed by atoms with Crippen LogP contribution in [0, 0.1) is 0 Å². The number of benzene rings is 1. The fraction of sp³-hybridized carbons (Fsp3) is 0.474. The standard InChI is InChI=1S/C19H24N4O2S/c20-18-21-15(13-26-18)17(24)23-11-8-19(25,14-6-2-1-3-7-14)16(12-23)22-9-4-5-10-22/h1-3,6-7,13,16,25H,4-5,8-12H2,(H2,20,21)/t16-,19+/m1/s1. The Kier molecular flexibility index (Phi) is 4.69. The lowest BCUT2D eigenvalue weighted by Gasteiger charge is -2.48. The number of thiazole rings is 1. The average molecular weight is 372 g/mol. The highest BCUT2D eigenvalue weighted by atomic mass is 32.1. The molecule has 26 heavy (non-hydrogen) atoms. The molecule has 3 heterocycles. The lowest BCUT2D eigenvalue weighted by Crippen LogP contribution is -2.61. The molecule has 2 saturated heterocycles. The molecule has 0 saturated carbocycles. The molecule has 1 aromatic heterocycles. The van der Waals surface area contributed by atoms with Crippen LogP contribution in [0.15, 0.2) is 35.7 Å². The van der Waals surface area contributed by atoms with Crippen LogP contribution in [0.5, 0.6) is 0 Å². The fourth-order valence-corrected chi connectivity index (χ4v) is 4.73. The molecule has 0 spiro atoms. The van der Waals surface area contributed by atoms with Crippen molar-refractivity contribution in [2.45, 2.75) is 30.9 Å². The average Bonchev–Trinajstić information content (AvgIpc) is 3.34. The number of nitrogens with two attached hydrogens (primary N) is 1. The number of carbonyl (C=O) groups excluding carboxylic acids is 1. The van der Waals surface area contributed by atoms with Crippen LogP contribution < -0.4 is 5.73 Å². The van der Waals surface area contributed by atoms with Gasteiger partial charge in [-0.3, -0.25) is 9.69 Å². The molecule has 1 amide bonds. The third kappa shape index (κ3) is 3.11. The molecule has 2 atom stereocenters. The highest BCUT2D eigenvalue weighted by Gasteiger charge is 2.47. The van der Waals surface area contributed by atoms with Crippen molar-refractivity contribution in [3.63, 3.8) is 0 Å². The summed E-state index contributed by atoms with van der Waals surface area (Å²) in [5, 5.41) is 13.7. The summed E-state index contributed by atoms with van der Waals surface area (Å²) >= 11 is 1.28. The molecule has 0 radical (unpaired) electrons. The molecular formula is C19H24N4O2S. The van der Waals surface area contributed by atoms with Gasteiger partial charge in [0, 0.05) is 18.5 Å². The molecule has 2 aliphatic heterocycles. The summed E-state index contributed by atoms with van der Waals surface area (Å²) in [4.78, 5) is 21.1. The molecular weight excluding hydrogens is 348 g/mol. The van der Waals surface area contributed by atoms with Crippen LogP contribution in [0.2, 0.25) is 0 Å². The summed E-state index contributed by atoms with van der Waals surface area (Å²) in [5.74, 6) is -0.0998. The third-order valence-corrected chi connectivity index (χ3v) is 6.26. The molecule has 7 heteroatoms. The van der Waals surface area contributed by atoms with Crippen LogP contribution >= 0.6 is 11.3 Å². The van der Waals surface area contributed by atoms with Crippen molar-refractivity contribution in [1.82, 2.24) is 14.8 Å². The van der Waals surface area contributed by atoms with E-state index in [1.165, 1.54) is 11.3 Å². The van der Waals surface area contributed by atoms with Gasteiger partial charge in [0.05, 0.1) is 6.04 Å². The number of likely N-dealkylation sites (tertiary alicyclic amines) is 2. The first-order chi connectivity index (χ1) is 12.6. The van der Waals surface area contributed by atoms with E-state index in [0.717, 1.165) is 31.5 Å². The summed E-state index contributed by atoms with van der Waals surface area (Å²) in [7, 11) is 0. The highest BCUT2D eigenvalue weighted by molar-refractivity contribution is 7.13. The Morgan fingerprint density at radius 2 is 1.96 bits per heavy atom. The van der Waals surface area contributed by atoms with Gasteiger partial charge < -0.3 is 15.7 Å². The number of aliphatic hydroxyl groups is 1. The van der Waals surface area contributed by atoms with Crippen LogP contribution in [0.4, 0.5) is 5.13 Å². The summed E-state index contributed by atoms with van der Waals surface area (Å²) in [6.45, 7) is 2.94. The Balaban J connectivity index is 1.62. The Bertz CT molecular complexity index is 775. The molecule has 1 aromatic carbocycles. The fourth-order valence-electron chi connectivity index (χ4n) is 4.19. The molecule has 0 unspecified atom stereocenters. The Morgan fingerprint density at radius 3 is 2.62 bits per heavy atom. The smallest absolute Gasteiger partial charge is 0.273 e. The molecule has 0 bridgehead atoms. The Hall–Kier alpha value is -1.96. The highest BCUT2D eigenvalue weighted by Crippen LogP contribution is 2.37. The van der Waals surface area contributed by atoms with E-state index in [-0.39, 0.29) is 11.9 Å². The number of hydrogen-bond acceptors (Lipinski definition) is 6. The molecule has 6 nitrogen and oxygen atoms in total. The monoisotopic (exact) mass is 372 g/mol. The molecule has 0 aliphatic carbocycles. The first kappa shape index (κ1) is 17.5. The number of hydrogen-bond donors (Lipinski definition) is 2. The minimum atomic E-state index is -0.941. The van der Waals surface area contributed by atoms with Crippen LogP contribution in [0.1, 0.15) is 35.3 Å². The molecule has 138 valence electrons. The predicted octanol–water partition coefficient (Wildman–Crippen LogP) is 1.92. The number of anilines is 1. The van der Waals surface area contributed by atoms with Gasteiger partial charge in [-0.05, 0) is 37.9 Å². The van der Waals surface area contributed by atoms with Gasteiger partial charge in [0.1, 0.15) is 11.3 Å². The second kappa shape index (κ2) is 6.98. The maximum Gasteiger partial charge on any atom is 0.273 e. The van der Waals surface area contributed by atoms with Gasteiger partial charge in [-0.1, -0.05) is 30.3 Å².